The summed E-state index contributed by atoms with van der Waals surface area (Å²) in [4.78, 5) is 14.6. The largest absolute Gasteiger partial charge is 0.497 e. The van der Waals surface area contributed by atoms with Crippen LogP contribution in [0.1, 0.15) is 34.9 Å². The Morgan fingerprint density at radius 3 is 2.84 bits per heavy atom. The predicted octanol–water partition coefficient (Wildman–Crippen LogP) is 4.50. The SMILES string of the molecule is COc1ccc(Cn2cc3c(n2)C(C)OCc2sc(Nc4nccc(C)n4)nc2-3)cc1. The standard InChI is InChI=1S/C22H22N6O2S/c1-13-8-9-23-21(24-13)26-22-25-20-17-11-28(10-15-4-6-16(29-3)7-5-15)27-19(17)14(2)30-12-18(20)31-22/h4-9,11,14H,10,12H2,1-3H3,(H,23,24,25,26). The second kappa shape index (κ2) is 8.09. The smallest absolute Gasteiger partial charge is 0.229 e. The first kappa shape index (κ1) is 19.7. The fraction of sp³-hybridized carbons (Fsp3) is 0.273. The van der Waals surface area contributed by atoms with Crippen molar-refractivity contribution in [3.8, 4) is 17.0 Å². The van der Waals surface area contributed by atoms with Gasteiger partial charge in [0.2, 0.25) is 5.95 Å². The molecule has 1 atom stereocenters. The summed E-state index contributed by atoms with van der Waals surface area (Å²) >= 11 is 1.55. The van der Waals surface area contributed by atoms with Crippen LogP contribution in [0.15, 0.2) is 42.7 Å². The summed E-state index contributed by atoms with van der Waals surface area (Å²) in [7, 11) is 1.67. The molecule has 1 aromatic carbocycles. The lowest BCUT2D eigenvalue weighted by atomic mass is 10.1. The highest BCUT2D eigenvalue weighted by Gasteiger charge is 2.27. The molecule has 0 saturated carbocycles. The third-order valence-corrected chi connectivity index (χ3v) is 6.05. The van der Waals surface area contributed by atoms with Gasteiger partial charge >= 0.3 is 0 Å². The van der Waals surface area contributed by atoms with Gasteiger partial charge in [0.15, 0.2) is 5.13 Å². The van der Waals surface area contributed by atoms with E-state index < -0.39 is 0 Å². The summed E-state index contributed by atoms with van der Waals surface area (Å²) in [5.41, 5.74) is 4.85. The van der Waals surface area contributed by atoms with E-state index in [0.29, 0.717) is 19.1 Å². The zero-order chi connectivity index (χ0) is 21.4. The third kappa shape index (κ3) is 4.01. The molecule has 4 aromatic rings. The number of benzene rings is 1. The van der Waals surface area contributed by atoms with Crippen LogP contribution in [0.5, 0.6) is 5.75 Å². The molecule has 0 amide bonds. The van der Waals surface area contributed by atoms with E-state index >= 15 is 0 Å². The first-order valence-corrected chi connectivity index (χ1v) is 10.8. The van der Waals surface area contributed by atoms with Gasteiger partial charge in [0.1, 0.15) is 11.4 Å². The zero-order valence-electron chi connectivity index (χ0n) is 17.5. The van der Waals surface area contributed by atoms with Crippen molar-refractivity contribution in [2.24, 2.45) is 0 Å². The van der Waals surface area contributed by atoms with E-state index in [9.17, 15) is 0 Å². The Morgan fingerprint density at radius 2 is 2.06 bits per heavy atom. The third-order valence-electron chi connectivity index (χ3n) is 5.11. The van der Waals surface area contributed by atoms with Crippen LogP contribution in [0.25, 0.3) is 11.3 Å². The van der Waals surface area contributed by atoms with Crippen molar-refractivity contribution in [1.82, 2.24) is 24.7 Å². The Balaban J connectivity index is 1.45. The number of methoxy groups -OCH3 is 1. The summed E-state index contributed by atoms with van der Waals surface area (Å²) in [6.07, 6.45) is 3.68. The molecule has 1 aliphatic heterocycles. The van der Waals surface area contributed by atoms with Crippen molar-refractivity contribution in [1.29, 1.82) is 0 Å². The van der Waals surface area contributed by atoms with Crippen LogP contribution in [0.2, 0.25) is 0 Å². The van der Waals surface area contributed by atoms with E-state index in [1.807, 2.05) is 48.9 Å². The number of aryl methyl sites for hydroxylation is 1. The van der Waals surface area contributed by atoms with Crippen LogP contribution in [-0.4, -0.2) is 31.8 Å². The topological polar surface area (TPSA) is 87.0 Å². The number of rotatable bonds is 5. The highest BCUT2D eigenvalue weighted by molar-refractivity contribution is 7.16. The van der Waals surface area contributed by atoms with Gasteiger partial charge in [0.25, 0.3) is 0 Å². The number of anilines is 2. The number of ether oxygens (including phenoxy) is 2. The maximum absolute atomic E-state index is 6.05. The minimum atomic E-state index is -0.106. The van der Waals surface area contributed by atoms with Crippen LogP contribution in [-0.2, 0) is 17.9 Å². The number of nitrogens with one attached hydrogen (secondary N) is 1. The lowest BCUT2D eigenvalue weighted by Crippen LogP contribution is -2.04. The number of fused-ring (bicyclic) bond motifs is 3. The molecule has 5 rings (SSSR count). The molecule has 0 spiro atoms. The highest BCUT2D eigenvalue weighted by Crippen LogP contribution is 2.40. The van der Waals surface area contributed by atoms with Crippen molar-refractivity contribution >= 4 is 22.4 Å². The van der Waals surface area contributed by atoms with Crippen molar-refractivity contribution in [3.05, 3.63) is 64.6 Å². The van der Waals surface area contributed by atoms with Gasteiger partial charge in [-0.3, -0.25) is 4.68 Å². The fourth-order valence-corrected chi connectivity index (χ4v) is 4.41. The molecule has 31 heavy (non-hydrogen) atoms. The molecule has 8 nitrogen and oxygen atoms in total. The molecule has 0 fully saturated rings. The maximum atomic E-state index is 6.05. The monoisotopic (exact) mass is 434 g/mol. The molecule has 9 heteroatoms. The molecule has 0 bridgehead atoms. The first-order valence-electron chi connectivity index (χ1n) is 9.97. The normalized spacial score (nSPS) is 15.1. The molecular weight excluding hydrogens is 412 g/mol. The van der Waals surface area contributed by atoms with E-state index in [0.717, 1.165) is 44.0 Å². The van der Waals surface area contributed by atoms with Gasteiger partial charge in [-0.15, -0.1) is 0 Å². The first-order chi connectivity index (χ1) is 15.1. The van der Waals surface area contributed by atoms with E-state index in [1.165, 1.54) is 0 Å². The summed E-state index contributed by atoms with van der Waals surface area (Å²) in [5.74, 6) is 1.38. The number of hydrogen-bond acceptors (Lipinski definition) is 8. The molecule has 1 unspecified atom stereocenters. The van der Waals surface area contributed by atoms with Crippen LogP contribution >= 0.6 is 11.3 Å². The van der Waals surface area contributed by atoms with Gasteiger partial charge < -0.3 is 14.8 Å². The van der Waals surface area contributed by atoms with Crippen LogP contribution in [0, 0.1) is 6.92 Å². The van der Waals surface area contributed by atoms with Crippen LogP contribution in [0.3, 0.4) is 0 Å². The highest BCUT2D eigenvalue weighted by atomic mass is 32.1. The Morgan fingerprint density at radius 1 is 1.23 bits per heavy atom. The second-order valence-corrected chi connectivity index (χ2v) is 8.45. The average Bonchev–Trinajstić information content (AvgIpc) is 3.34. The maximum Gasteiger partial charge on any atom is 0.229 e. The number of hydrogen-bond donors (Lipinski definition) is 1. The number of nitrogens with zero attached hydrogens (tertiary/aromatic N) is 5. The molecule has 3 aromatic heterocycles. The lowest BCUT2D eigenvalue weighted by molar-refractivity contribution is 0.0533. The van der Waals surface area contributed by atoms with E-state index in [1.54, 1.807) is 24.6 Å². The van der Waals surface area contributed by atoms with Crippen LogP contribution < -0.4 is 10.1 Å². The Bertz CT molecular complexity index is 1220. The van der Waals surface area contributed by atoms with Crippen molar-refractivity contribution < 1.29 is 9.47 Å². The Kier molecular flexibility index (Phi) is 5.13. The number of thiazole rings is 1. The van der Waals surface area contributed by atoms with Crippen molar-refractivity contribution in [2.45, 2.75) is 33.1 Å². The van der Waals surface area contributed by atoms with E-state index in [2.05, 4.69) is 21.5 Å². The van der Waals surface area contributed by atoms with Crippen molar-refractivity contribution in [2.75, 3.05) is 12.4 Å². The lowest BCUT2D eigenvalue weighted by Gasteiger charge is -2.08. The minimum absolute atomic E-state index is 0.106. The molecule has 0 saturated heterocycles. The Hall–Kier alpha value is -3.30. The zero-order valence-corrected chi connectivity index (χ0v) is 18.3. The summed E-state index contributed by atoms with van der Waals surface area (Å²) in [6.45, 7) is 5.12. The number of aromatic nitrogens is 5. The van der Waals surface area contributed by atoms with Gasteiger partial charge in [-0.1, -0.05) is 23.5 Å². The predicted molar refractivity (Wildman–Crippen MR) is 119 cm³/mol. The molecule has 0 aliphatic carbocycles. The second-order valence-electron chi connectivity index (χ2n) is 7.36. The fourth-order valence-electron chi connectivity index (χ4n) is 3.52. The van der Waals surface area contributed by atoms with E-state index in [-0.39, 0.29) is 6.10 Å². The summed E-state index contributed by atoms with van der Waals surface area (Å²) < 4.78 is 13.2. The molecule has 4 heterocycles. The molecular formula is C22H22N6O2S. The van der Waals surface area contributed by atoms with Gasteiger partial charge in [-0.25, -0.2) is 15.0 Å². The molecule has 0 radical (unpaired) electrons. The van der Waals surface area contributed by atoms with Crippen LogP contribution in [0.4, 0.5) is 11.1 Å². The summed E-state index contributed by atoms with van der Waals surface area (Å²) in [6, 6.07) is 9.87. The van der Waals surface area contributed by atoms with Gasteiger partial charge in [0.05, 0.1) is 36.9 Å². The minimum Gasteiger partial charge on any atom is -0.497 e. The quantitative estimate of drug-likeness (QED) is 0.495. The average molecular weight is 435 g/mol. The van der Waals surface area contributed by atoms with Gasteiger partial charge in [0, 0.05) is 23.7 Å². The van der Waals surface area contributed by atoms with E-state index in [4.69, 9.17) is 19.6 Å². The summed E-state index contributed by atoms with van der Waals surface area (Å²) in [5, 5.41) is 8.76. The molecule has 1 aliphatic rings. The Labute approximate surface area is 183 Å². The van der Waals surface area contributed by atoms with Gasteiger partial charge in [-0.2, -0.15) is 5.10 Å². The van der Waals surface area contributed by atoms with Crippen molar-refractivity contribution in [3.63, 3.8) is 0 Å². The molecule has 1 N–H and O–H groups in total. The molecule has 158 valence electrons. The van der Waals surface area contributed by atoms with Gasteiger partial charge in [-0.05, 0) is 37.6 Å².